The summed E-state index contributed by atoms with van der Waals surface area (Å²) in [4.78, 5) is 16.8. The molecule has 0 aliphatic carbocycles. The molecule has 3 aromatic rings. The van der Waals surface area contributed by atoms with Crippen molar-refractivity contribution in [2.75, 3.05) is 20.0 Å². The van der Waals surface area contributed by atoms with Crippen molar-refractivity contribution in [3.63, 3.8) is 0 Å². The van der Waals surface area contributed by atoms with E-state index < -0.39 is 21.5 Å². The van der Waals surface area contributed by atoms with Crippen LogP contribution in [0, 0.1) is 12.3 Å². The van der Waals surface area contributed by atoms with E-state index in [1.165, 1.54) is 25.6 Å². The Balaban J connectivity index is 1.97. The molecule has 2 aromatic carbocycles. The number of benzene rings is 2. The summed E-state index contributed by atoms with van der Waals surface area (Å²) < 4.78 is 37.9. The molecule has 9 heteroatoms. The molecule has 1 aromatic heterocycles. The number of nitrogens with zero attached hydrogens (tertiary/aromatic N) is 2. The van der Waals surface area contributed by atoms with Crippen LogP contribution in [0.1, 0.15) is 5.56 Å². The summed E-state index contributed by atoms with van der Waals surface area (Å²) in [5, 5.41) is 0. The quantitative estimate of drug-likeness (QED) is 0.522. The van der Waals surface area contributed by atoms with Gasteiger partial charge in [-0.25, -0.2) is 8.42 Å². The average Bonchev–Trinajstić information content (AvgIpc) is 3.02. The van der Waals surface area contributed by atoms with Crippen LogP contribution in [0.2, 0.25) is 0 Å². The van der Waals surface area contributed by atoms with Gasteiger partial charge in [-0.1, -0.05) is 47.6 Å². The van der Waals surface area contributed by atoms with Crippen LogP contribution in [0.3, 0.4) is 0 Å². The summed E-state index contributed by atoms with van der Waals surface area (Å²) in [7, 11) is -0.610. The zero-order chi connectivity index (χ0) is 21.7. The molecule has 0 saturated carbocycles. The molecule has 0 atom stereocenters. The highest BCUT2D eigenvalue weighted by Crippen LogP contribution is 2.33. The molecular weight excluding hydrogens is 424 g/mol. The van der Waals surface area contributed by atoms with E-state index in [0.717, 1.165) is 4.70 Å². The number of hydrogen-bond acceptors (Lipinski definition) is 6. The summed E-state index contributed by atoms with van der Waals surface area (Å²) in [6.45, 7) is 0.165. The number of methoxy groups -OCH3 is 2. The van der Waals surface area contributed by atoms with Crippen LogP contribution in [0.25, 0.3) is 10.2 Å². The van der Waals surface area contributed by atoms with Crippen molar-refractivity contribution in [3.8, 4) is 23.8 Å². The molecule has 1 heterocycles. The smallest absolute Gasteiger partial charge is 0.263 e. The van der Waals surface area contributed by atoms with Crippen molar-refractivity contribution in [3.05, 3.63) is 52.8 Å². The Bertz CT molecular complexity index is 1280. The van der Waals surface area contributed by atoms with Gasteiger partial charge in [-0.3, -0.25) is 4.79 Å². The molecule has 0 fully saturated rings. The third kappa shape index (κ3) is 4.90. The number of aromatic nitrogens is 1. The number of ether oxygens (including phenoxy) is 2. The van der Waals surface area contributed by atoms with E-state index in [-0.39, 0.29) is 12.3 Å². The van der Waals surface area contributed by atoms with E-state index in [2.05, 4.69) is 10.9 Å². The standard InChI is InChI=1S/C21H20N2O5S2/c1-4-10-23-16-11-17(27-2)18(28-3)12-19(16)29-21(23)22-20(24)14-30(25,26)13-15-8-6-5-7-9-15/h1,5-9,11-12H,10,13-14H2,2-3H3. The normalized spacial score (nSPS) is 12.0. The zero-order valence-electron chi connectivity index (χ0n) is 16.5. The Labute approximate surface area is 178 Å². The van der Waals surface area contributed by atoms with Gasteiger partial charge in [-0.05, 0) is 5.56 Å². The van der Waals surface area contributed by atoms with E-state index in [4.69, 9.17) is 15.9 Å². The predicted octanol–water partition coefficient (Wildman–Crippen LogP) is 2.40. The first kappa shape index (κ1) is 21.6. The fourth-order valence-electron chi connectivity index (χ4n) is 2.93. The molecule has 0 aliphatic heterocycles. The number of sulfone groups is 1. The fourth-order valence-corrected chi connectivity index (χ4v) is 5.23. The van der Waals surface area contributed by atoms with Crippen molar-refractivity contribution in [2.24, 2.45) is 4.99 Å². The maximum Gasteiger partial charge on any atom is 0.263 e. The highest BCUT2D eigenvalue weighted by molar-refractivity contribution is 7.91. The van der Waals surface area contributed by atoms with E-state index in [0.29, 0.717) is 27.4 Å². The molecule has 7 nitrogen and oxygen atoms in total. The molecular formula is C21H20N2O5S2. The minimum absolute atomic E-state index is 0.165. The first-order chi connectivity index (χ1) is 14.4. The van der Waals surface area contributed by atoms with Crippen LogP contribution in [0.4, 0.5) is 0 Å². The van der Waals surface area contributed by atoms with Gasteiger partial charge in [0.25, 0.3) is 5.91 Å². The van der Waals surface area contributed by atoms with Crippen LogP contribution >= 0.6 is 11.3 Å². The van der Waals surface area contributed by atoms with Gasteiger partial charge in [0.1, 0.15) is 5.75 Å². The number of carbonyl (C=O) groups is 1. The molecule has 0 saturated heterocycles. The van der Waals surface area contributed by atoms with Crippen molar-refractivity contribution in [1.82, 2.24) is 4.57 Å². The van der Waals surface area contributed by atoms with Gasteiger partial charge in [0.2, 0.25) is 0 Å². The number of hydrogen-bond donors (Lipinski definition) is 0. The van der Waals surface area contributed by atoms with Crippen molar-refractivity contribution in [2.45, 2.75) is 12.3 Å². The number of fused-ring (bicyclic) bond motifs is 1. The largest absolute Gasteiger partial charge is 0.493 e. The molecule has 1 amide bonds. The van der Waals surface area contributed by atoms with E-state index in [1.54, 1.807) is 47.0 Å². The average molecular weight is 445 g/mol. The Morgan fingerprint density at radius 3 is 2.47 bits per heavy atom. The first-order valence-electron chi connectivity index (χ1n) is 8.87. The summed E-state index contributed by atoms with van der Waals surface area (Å²) in [6, 6.07) is 12.2. The third-order valence-corrected chi connectivity index (χ3v) is 6.73. The fraction of sp³-hybridized carbons (Fsp3) is 0.238. The second-order valence-electron chi connectivity index (χ2n) is 6.37. The lowest BCUT2D eigenvalue weighted by atomic mass is 10.2. The van der Waals surface area contributed by atoms with Gasteiger partial charge < -0.3 is 14.0 Å². The lowest BCUT2D eigenvalue weighted by Crippen LogP contribution is -2.21. The zero-order valence-corrected chi connectivity index (χ0v) is 18.1. The Kier molecular flexibility index (Phi) is 6.59. The van der Waals surface area contributed by atoms with Gasteiger partial charge in [0.15, 0.2) is 26.1 Å². The number of terminal acetylenes is 1. The highest BCUT2D eigenvalue weighted by atomic mass is 32.2. The van der Waals surface area contributed by atoms with Crippen molar-refractivity contribution < 1.29 is 22.7 Å². The van der Waals surface area contributed by atoms with Gasteiger partial charge in [0.05, 0.1) is 36.7 Å². The van der Waals surface area contributed by atoms with Crippen LogP contribution in [-0.4, -0.2) is 38.9 Å². The van der Waals surface area contributed by atoms with Gasteiger partial charge in [-0.15, -0.1) is 6.42 Å². The maximum absolute atomic E-state index is 12.4. The number of thiazole rings is 1. The molecule has 0 aliphatic rings. The summed E-state index contributed by atoms with van der Waals surface area (Å²) in [5.41, 5.74) is 1.34. The molecule has 0 spiro atoms. The second kappa shape index (κ2) is 9.15. The highest BCUT2D eigenvalue weighted by Gasteiger charge is 2.18. The van der Waals surface area contributed by atoms with Crippen LogP contribution < -0.4 is 14.3 Å². The molecule has 0 N–H and O–H groups in total. The van der Waals surface area contributed by atoms with Gasteiger partial charge in [0, 0.05) is 12.1 Å². The molecule has 156 valence electrons. The summed E-state index contributed by atoms with van der Waals surface area (Å²) in [5.74, 6) is 1.92. The van der Waals surface area contributed by atoms with Crippen molar-refractivity contribution >= 4 is 37.3 Å². The number of carbonyl (C=O) groups excluding carboxylic acids is 1. The summed E-state index contributed by atoms with van der Waals surface area (Å²) in [6.07, 6.45) is 5.48. The minimum atomic E-state index is -3.66. The Morgan fingerprint density at radius 1 is 1.17 bits per heavy atom. The van der Waals surface area contributed by atoms with Crippen LogP contribution in [0.5, 0.6) is 11.5 Å². The van der Waals surface area contributed by atoms with Crippen LogP contribution in [-0.2, 0) is 26.9 Å². The number of rotatable bonds is 7. The lowest BCUT2D eigenvalue weighted by Gasteiger charge is -2.08. The van der Waals surface area contributed by atoms with Gasteiger partial charge >= 0.3 is 0 Å². The molecule has 3 rings (SSSR count). The van der Waals surface area contributed by atoms with Crippen LogP contribution in [0.15, 0.2) is 47.5 Å². The monoisotopic (exact) mass is 444 g/mol. The van der Waals surface area contributed by atoms with E-state index in [9.17, 15) is 13.2 Å². The number of amides is 1. The topological polar surface area (TPSA) is 87.0 Å². The minimum Gasteiger partial charge on any atom is -0.493 e. The molecule has 0 radical (unpaired) electrons. The Hall–Kier alpha value is -3.09. The van der Waals surface area contributed by atoms with E-state index in [1.807, 2.05) is 0 Å². The molecule has 0 unspecified atom stereocenters. The molecule has 0 bridgehead atoms. The first-order valence-corrected chi connectivity index (χ1v) is 11.5. The van der Waals surface area contributed by atoms with E-state index >= 15 is 0 Å². The SMILES string of the molecule is C#CCn1c(=NC(=O)CS(=O)(=O)Cc2ccccc2)sc2cc(OC)c(OC)cc21. The maximum atomic E-state index is 12.4. The second-order valence-corrected chi connectivity index (χ2v) is 9.45. The Morgan fingerprint density at radius 2 is 1.83 bits per heavy atom. The van der Waals surface area contributed by atoms with Gasteiger partial charge in [-0.2, -0.15) is 4.99 Å². The lowest BCUT2D eigenvalue weighted by molar-refractivity contribution is -0.115. The predicted molar refractivity (Wildman–Crippen MR) is 116 cm³/mol. The molecule has 30 heavy (non-hydrogen) atoms. The van der Waals surface area contributed by atoms with Crippen molar-refractivity contribution in [1.29, 1.82) is 0 Å². The third-order valence-electron chi connectivity index (χ3n) is 4.23. The summed E-state index contributed by atoms with van der Waals surface area (Å²) >= 11 is 1.22.